The molecule has 4 nitrogen and oxygen atoms in total. The predicted molar refractivity (Wildman–Crippen MR) is 60.3 cm³/mol. The van der Waals surface area contributed by atoms with Crippen LogP contribution >= 0.6 is 0 Å². The number of halogens is 2. The number of hydrogen-bond acceptors (Lipinski definition) is 2. The predicted octanol–water partition coefficient (Wildman–Crippen LogP) is 1.85. The van der Waals surface area contributed by atoms with Crippen molar-refractivity contribution in [1.29, 1.82) is 0 Å². The molecule has 2 amide bonds. The van der Waals surface area contributed by atoms with E-state index in [2.05, 4.69) is 10.1 Å². The fourth-order valence-electron chi connectivity index (χ4n) is 1.79. The average molecular weight is 250 g/mol. The normalized spacial score (nSPS) is 17.0. The van der Waals surface area contributed by atoms with E-state index < -0.39 is 13.0 Å². The van der Waals surface area contributed by atoms with Gasteiger partial charge in [-0.05, 0) is 12.8 Å². The van der Waals surface area contributed by atoms with Gasteiger partial charge in [0, 0.05) is 19.6 Å². The third-order valence-corrected chi connectivity index (χ3v) is 2.66. The average Bonchev–Trinajstić information content (AvgIpc) is 2.56. The van der Waals surface area contributed by atoms with Gasteiger partial charge in [0.15, 0.2) is 0 Å². The van der Waals surface area contributed by atoms with E-state index in [0.29, 0.717) is 0 Å². The molecule has 0 aromatic carbocycles. The maximum Gasteiger partial charge on any atom is 0.317 e. The van der Waals surface area contributed by atoms with Crippen LogP contribution < -0.4 is 5.32 Å². The van der Waals surface area contributed by atoms with Crippen molar-refractivity contribution in [3.63, 3.8) is 0 Å². The lowest BCUT2D eigenvalue weighted by atomic mass is 10.2. The Balaban J connectivity index is 2.07. The zero-order valence-electron chi connectivity index (χ0n) is 9.96. The van der Waals surface area contributed by atoms with Crippen LogP contribution in [0.3, 0.4) is 0 Å². The molecule has 0 unspecified atom stereocenters. The van der Waals surface area contributed by atoms with Gasteiger partial charge in [0.1, 0.15) is 6.61 Å². The van der Waals surface area contributed by atoms with Crippen LogP contribution in [-0.2, 0) is 4.74 Å². The Morgan fingerprint density at radius 1 is 1.24 bits per heavy atom. The van der Waals surface area contributed by atoms with Crippen molar-refractivity contribution >= 4 is 6.03 Å². The zero-order valence-corrected chi connectivity index (χ0v) is 9.96. The summed E-state index contributed by atoms with van der Waals surface area (Å²) in [6.07, 6.45) is 1.96. The van der Waals surface area contributed by atoms with E-state index in [1.54, 1.807) is 4.90 Å². The molecule has 1 heterocycles. The number of nitrogens with zero attached hydrogens (tertiary/aromatic N) is 1. The van der Waals surface area contributed by atoms with Gasteiger partial charge >= 0.3 is 6.03 Å². The molecule has 1 aliphatic heterocycles. The fraction of sp³-hybridized carbons (Fsp3) is 0.909. The second-order valence-corrected chi connectivity index (χ2v) is 4.10. The Morgan fingerprint density at radius 3 is 2.47 bits per heavy atom. The molecular weight excluding hydrogens is 230 g/mol. The molecule has 6 heteroatoms. The lowest BCUT2D eigenvalue weighted by Crippen LogP contribution is -2.41. The van der Waals surface area contributed by atoms with E-state index in [9.17, 15) is 13.6 Å². The monoisotopic (exact) mass is 250 g/mol. The minimum absolute atomic E-state index is 0.118. The highest BCUT2D eigenvalue weighted by Crippen LogP contribution is 2.09. The van der Waals surface area contributed by atoms with Gasteiger partial charge in [0.2, 0.25) is 0 Å². The quantitative estimate of drug-likeness (QED) is 0.757. The van der Waals surface area contributed by atoms with Crippen LogP contribution in [0.25, 0.3) is 0 Å². The summed E-state index contributed by atoms with van der Waals surface area (Å²) in [5.74, 6) is 0. The van der Waals surface area contributed by atoms with Crippen molar-refractivity contribution in [3.05, 3.63) is 0 Å². The molecule has 1 rings (SSSR count). The van der Waals surface area contributed by atoms with E-state index in [-0.39, 0.29) is 19.2 Å². The number of hydrogen-bond donors (Lipinski definition) is 1. The number of amides is 2. The van der Waals surface area contributed by atoms with Crippen LogP contribution in [0.4, 0.5) is 13.6 Å². The highest BCUT2D eigenvalue weighted by molar-refractivity contribution is 5.74. The standard InChI is InChI=1S/C11H20F2N2O2/c12-10(13)9-17-8-5-14-11(16)15-6-3-1-2-4-7-15/h10H,1-9H2,(H,14,16). The molecule has 1 fully saturated rings. The Bertz CT molecular complexity index is 220. The molecule has 0 spiro atoms. The highest BCUT2D eigenvalue weighted by atomic mass is 19.3. The number of ether oxygens (including phenoxy) is 1. The minimum atomic E-state index is -2.45. The number of carbonyl (C=O) groups is 1. The molecule has 0 atom stereocenters. The molecule has 0 aromatic rings. The van der Waals surface area contributed by atoms with Crippen molar-refractivity contribution in [2.75, 3.05) is 32.8 Å². The molecule has 0 saturated carbocycles. The third-order valence-electron chi connectivity index (χ3n) is 2.66. The highest BCUT2D eigenvalue weighted by Gasteiger charge is 2.14. The first kappa shape index (κ1) is 14.2. The molecule has 100 valence electrons. The van der Waals surface area contributed by atoms with Gasteiger partial charge in [-0.25, -0.2) is 13.6 Å². The van der Waals surface area contributed by atoms with E-state index in [1.807, 2.05) is 0 Å². The maximum atomic E-state index is 11.7. The molecule has 1 saturated heterocycles. The summed E-state index contributed by atoms with van der Waals surface area (Å²) in [6, 6.07) is -0.118. The first-order chi connectivity index (χ1) is 8.20. The summed E-state index contributed by atoms with van der Waals surface area (Å²) in [6.45, 7) is 1.40. The Labute approximate surface area is 100 Å². The van der Waals surface area contributed by atoms with Crippen molar-refractivity contribution in [2.24, 2.45) is 0 Å². The number of likely N-dealkylation sites (tertiary alicyclic amines) is 1. The third kappa shape index (κ3) is 6.41. The van der Waals surface area contributed by atoms with E-state index >= 15 is 0 Å². The van der Waals surface area contributed by atoms with Gasteiger partial charge in [-0.15, -0.1) is 0 Å². The van der Waals surface area contributed by atoms with E-state index in [0.717, 1.165) is 25.9 Å². The number of urea groups is 1. The minimum Gasteiger partial charge on any atom is -0.374 e. The molecule has 0 aliphatic carbocycles. The summed E-state index contributed by atoms with van der Waals surface area (Å²) in [4.78, 5) is 13.4. The Kier molecular flexibility index (Phi) is 6.84. The molecule has 17 heavy (non-hydrogen) atoms. The Morgan fingerprint density at radius 2 is 1.88 bits per heavy atom. The summed E-state index contributed by atoms with van der Waals surface area (Å²) < 4.78 is 28.1. The van der Waals surface area contributed by atoms with Crippen molar-refractivity contribution in [2.45, 2.75) is 32.1 Å². The van der Waals surface area contributed by atoms with Gasteiger partial charge in [0.05, 0.1) is 6.61 Å². The van der Waals surface area contributed by atoms with Crippen LogP contribution in [0.5, 0.6) is 0 Å². The summed E-state index contributed by atoms with van der Waals surface area (Å²) in [5.41, 5.74) is 0. The molecule has 1 aliphatic rings. The SMILES string of the molecule is O=C(NCCOCC(F)F)N1CCCCCC1. The Hall–Kier alpha value is -0.910. The van der Waals surface area contributed by atoms with Crippen LogP contribution in [0.15, 0.2) is 0 Å². The van der Waals surface area contributed by atoms with Gasteiger partial charge in [-0.3, -0.25) is 0 Å². The molecular formula is C11H20F2N2O2. The van der Waals surface area contributed by atoms with Crippen molar-refractivity contribution in [3.8, 4) is 0 Å². The lowest BCUT2D eigenvalue weighted by molar-refractivity contribution is 0.0191. The van der Waals surface area contributed by atoms with Gasteiger partial charge in [0.25, 0.3) is 6.43 Å². The lowest BCUT2D eigenvalue weighted by Gasteiger charge is -2.20. The van der Waals surface area contributed by atoms with Gasteiger partial charge < -0.3 is 15.0 Å². The van der Waals surface area contributed by atoms with Crippen molar-refractivity contribution < 1.29 is 18.3 Å². The number of rotatable bonds is 5. The summed E-state index contributed by atoms with van der Waals surface area (Å²) >= 11 is 0. The molecule has 0 radical (unpaired) electrons. The fourth-order valence-corrected chi connectivity index (χ4v) is 1.79. The second kappa shape index (κ2) is 8.22. The first-order valence-corrected chi connectivity index (χ1v) is 6.09. The summed E-state index contributed by atoms with van der Waals surface area (Å²) in [7, 11) is 0. The largest absolute Gasteiger partial charge is 0.374 e. The van der Waals surface area contributed by atoms with Crippen LogP contribution in [-0.4, -0.2) is 50.2 Å². The van der Waals surface area contributed by atoms with Gasteiger partial charge in [-0.2, -0.15) is 0 Å². The van der Waals surface area contributed by atoms with Crippen LogP contribution in [0.1, 0.15) is 25.7 Å². The first-order valence-electron chi connectivity index (χ1n) is 6.09. The smallest absolute Gasteiger partial charge is 0.317 e. The molecule has 0 aromatic heterocycles. The van der Waals surface area contributed by atoms with E-state index in [1.165, 1.54) is 12.8 Å². The van der Waals surface area contributed by atoms with Gasteiger partial charge in [-0.1, -0.05) is 12.8 Å². The van der Waals surface area contributed by atoms with E-state index in [4.69, 9.17) is 0 Å². The second-order valence-electron chi connectivity index (χ2n) is 4.10. The molecule has 0 bridgehead atoms. The number of nitrogens with one attached hydrogen (secondary N) is 1. The van der Waals surface area contributed by atoms with Crippen molar-refractivity contribution in [1.82, 2.24) is 10.2 Å². The molecule has 1 N–H and O–H groups in total. The van der Waals surface area contributed by atoms with Crippen LogP contribution in [0.2, 0.25) is 0 Å². The topological polar surface area (TPSA) is 41.6 Å². The summed E-state index contributed by atoms with van der Waals surface area (Å²) in [5, 5.41) is 2.67. The number of carbonyl (C=O) groups excluding carboxylic acids is 1. The number of alkyl halides is 2. The maximum absolute atomic E-state index is 11.7. The van der Waals surface area contributed by atoms with Crippen LogP contribution in [0, 0.1) is 0 Å². The zero-order chi connectivity index (χ0) is 12.5.